The van der Waals surface area contributed by atoms with Crippen molar-refractivity contribution >= 4 is 17.5 Å². The summed E-state index contributed by atoms with van der Waals surface area (Å²) < 4.78 is 0. The molecule has 0 aliphatic heterocycles. The van der Waals surface area contributed by atoms with Crippen molar-refractivity contribution in [1.29, 1.82) is 0 Å². The quantitative estimate of drug-likeness (QED) is 0.354. The number of allylic oxidation sites excluding steroid dienone is 2. The standard InChI is InChI=1S/C30H44O6/c1-17(9-8-10-18(2)25(33)34)24(32)21-15-28(6)19-11-12-22-26(3,4)23(31)13-14-27(22,5)20(19)16-30(28,36)29(21,7)35/h10,16-17,19,21-22,35-36H,8-9,11-15H2,1-7H3,(H,33,34)/b18-10+/t17-,19-,21+,22+,27-,28+,29-,30+/m1/s1. The third-order valence-electron chi connectivity index (χ3n) is 11.3. The average molecular weight is 501 g/mol. The average Bonchev–Trinajstić information content (AvgIpc) is 3.12. The fourth-order valence-corrected chi connectivity index (χ4v) is 8.77. The molecular formula is C30H44O6. The molecular weight excluding hydrogens is 456 g/mol. The lowest BCUT2D eigenvalue weighted by atomic mass is 9.47. The Hall–Kier alpha value is -1.79. The Morgan fingerprint density at radius 1 is 1.14 bits per heavy atom. The number of ketones is 2. The molecule has 3 fully saturated rings. The van der Waals surface area contributed by atoms with E-state index < -0.39 is 33.9 Å². The third kappa shape index (κ3) is 3.46. The number of aliphatic carboxylic acids is 1. The first-order chi connectivity index (χ1) is 16.4. The van der Waals surface area contributed by atoms with E-state index in [4.69, 9.17) is 5.11 Å². The van der Waals surface area contributed by atoms with Crippen molar-refractivity contribution in [3.05, 3.63) is 23.3 Å². The summed E-state index contributed by atoms with van der Waals surface area (Å²) in [6.07, 6.45) is 7.96. The maximum absolute atomic E-state index is 13.6. The molecule has 4 rings (SSSR count). The van der Waals surface area contributed by atoms with Crippen molar-refractivity contribution in [3.8, 4) is 0 Å². The minimum atomic E-state index is -1.61. The summed E-state index contributed by atoms with van der Waals surface area (Å²) in [5.41, 5.74) is -2.99. The minimum absolute atomic E-state index is 0.0634. The minimum Gasteiger partial charge on any atom is -0.478 e. The molecule has 0 radical (unpaired) electrons. The highest BCUT2D eigenvalue weighted by Crippen LogP contribution is 2.72. The van der Waals surface area contributed by atoms with Gasteiger partial charge >= 0.3 is 5.97 Å². The van der Waals surface area contributed by atoms with Gasteiger partial charge in [0.15, 0.2) is 0 Å². The first-order valence-electron chi connectivity index (χ1n) is 13.6. The summed E-state index contributed by atoms with van der Waals surface area (Å²) in [6, 6.07) is 0. The lowest BCUT2D eigenvalue weighted by Crippen LogP contribution is -2.57. The molecule has 0 bridgehead atoms. The molecule has 3 N–H and O–H groups in total. The molecule has 0 unspecified atom stereocenters. The van der Waals surface area contributed by atoms with Gasteiger partial charge < -0.3 is 15.3 Å². The highest BCUT2D eigenvalue weighted by atomic mass is 16.4. The maximum Gasteiger partial charge on any atom is 0.330 e. The number of hydrogen-bond donors (Lipinski definition) is 3. The van der Waals surface area contributed by atoms with E-state index in [1.165, 1.54) is 12.5 Å². The Balaban J connectivity index is 1.63. The van der Waals surface area contributed by atoms with E-state index in [2.05, 4.69) is 20.8 Å². The van der Waals surface area contributed by atoms with Crippen molar-refractivity contribution in [3.63, 3.8) is 0 Å². The third-order valence-corrected chi connectivity index (χ3v) is 11.3. The number of rotatable bonds is 6. The van der Waals surface area contributed by atoms with Gasteiger partial charge in [0.25, 0.3) is 0 Å². The van der Waals surface area contributed by atoms with Crippen molar-refractivity contribution in [2.45, 2.75) is 105 Å². The van der Waals surface area contributed by atoms with Crippen LogP contribution < -0.4 is 0 Å². The second-order valence-corrected chi connectivity index (χ2v) is 13.5. The monoisotopic (exact) mass is 500 g/mol. The van der Waals surface area contributed by atoms with Crippen molar-refractivity contribution in [1.82, 2.24) is 0 Å². The predicted octanol–water partition coefficient (Wildman–Crippen LogP) is 4.87. The number of hydrogen-bond acceptors (Lipinski definition) is 5. The van der Waals surface area contributed by atoms with Crippen LogP contribution in [0, 0.1) is 39.9 Å². The molecule has 0 aromatic heterocycles. The fourth-order valence-electron chi connectivity index (χ4n) is 8.77. The van der Waals surface area contributed by atoms with Crippen LogP contribution in [-0.4, -0.2) is 44.1 Å². The molecule has 4 aliphatic carbocycles. The molecule has 3 saturated carbocycles. The molecule has 0 saturated heterocycles. The highest BCUT2D eigenvalue weighted by molar-refractivity contribution is 5.87. The van der Waals surface area contributed by atoms with Gasteiger partial charge in [0.1, 0.15) is 22.8 Å². The molecule has 8 atom stereocenters. The molecule has 0 aromatic carbocycles. The number of Topliss-reactive ketones (excluding diaryl/α,β-unsaturated/α-hetero) is 2. The summed E-state index contributed by atoms with van der Waals surface area (Å²) in [4.78, 5) is 37.4. The van der Waals surface area contributed by atoms with Crippen LogP contribution in [0.5, 0.6) is 0 Å². The normalized spacial score (nSPS) is 44.4. The van der Waals surface area contributed by atoms with Crippen molar-refractivity contribution in [2.24, 2.45) is 39.9 Å². The second kappa shape index (κ2) is 8.36. The van der Waals surface area contributed by atoms with E-state index >= 15 is 0 Å². The van der Waals surface area contributed by atoms with Crippen LogP contribution in [0.15, 0.2) is 23.3 Å². The fraction of sp³-hybridized carbons (Fsp3) is 0.767. The number of fused-ring (bicyclic) bond motifs is 5. The van der Waals surface area contributed by atoms with Gasteiger partial charge in [-0.25, -0.2) is 4.79 Å². The molecule has 6 nitrogen and oxygen atoms in total. The first kappa shape index (κ1) is 27.3. The molecule has 0 amide bonds. The number of carbonyl (C=O) groups excluding carboxylic acids is 2. The maximum atomic E-state index is 13.6. The first-order valence-corrected chi connectivity index (χ1v) is 13.6. The number of carboxylic acid groups (broad SMARTS) is 1. The Kier molecular flexibility index (Phi) is 6.33. The van der Waals surface area contributed by atoms with E-state index in [1.807, 2.05) is 19.9 Å². The SMILES string of the molecule is C/C(=C\CC[C@@H](C)C(=O)[C@@H]1C[C@@]2(C)[C@@H]3CC[C@H]4C(C)(C)C(=O)CC[C@]4(C)C3=C[C@@]2(O)[C@]1(C)O)C(=O)O. The molecule has 36 heavy (non-hydrogen) atoms. The summed E-state index contributed by atoms with van der Waals surface area (Å²) >= 11 is 0. The van der Waals surface area contributed by atoms with Gasteiger partial charge in [0.05, 0.1) is 5.92 Å². The van der Waals surface area contributed by atoms with Gasteiger partial charge in [-0.05, 0) is 75.7 Å². The smallest absolute Gasteiger partial charge is 0.330 e. The molecule has 200 valence electrons. The topological polar surface area (TPSA) is 112 Å². The Bertz CT molecular complexity index is 1050. The number of carboxylic acids is 1. The van der Waals surface area contributed by atoms with Crippen molar-refractivity contribution < 1.29 is 29.7 Å². The lowest BCUT2D eigenvalue weighted by molar-refractivity contribution is -0.160. The zero-order chi connectivity index (χ0) is 27.1. The van der Waals surface area contributed by atoms with Crippen LogP contribution in [-0.2, 0) is 14.4 Å². The van der Waals surface area contributed by atoms with Gasteiger partial charge in [-0.3, -0.25) is 9.59 Å². The van der Waals surface area contributed by atoms with Crippen molar-refractivity contribution in [2.75, 3.05) is 0 Å². The van der Waals surface area contributed by atoms with Crippen LogP contribution in [0.25, 0.3) is 0 Å². The van der Waals surface area contributed by atoms with E-state index in [-0.39, 0.29) is 34.5 Å². The number of aliphatic hydroxyl groups is 2. The van der Waals surface area contributed by atoms with Crippen LogP contribution in [0.4, 0.5) is 0 Å². The van der Waals surface area contributed by atoms with Gasteiger partial charge in [0, 0.05) is 28.7 Å². The summed E-state index contributed by atoms with van der Waals surface area (Å²) in [7, 11) is 0. The predicted molar refractivity (Wildman–Crippen MR) is 137 cm³/mol. The van der Waals surface area contributed by atoms with E-state index in [0.717, 1.165) is 19.3 Å². The Labute approximate surface area is 215 Å². The highest BCUT2D eigenvalue weighted by Gasteiger charge is 2.75. The molecule has 0 heterocycles. The van der Waals surface area contributed by atoms with Crippen LogP contribution in [0.2, 0.25) is 0 Å². The summed E-state index contributed by atoms with van der Waals surface area (Å²) in [5, 5.41) is 33.1. The van der Waals surface area contributed by atoms with Gasteiger partial charge in [-0.1, -0.05) is 46.3 Å². The number of carbonyl (C=O) groups is 3. The summed E-state index contributed by atoms with van der Waals surface area (Å²) in [5.74, 6) is -1.51. The van der Waals surface area contributed by atoms with Gasteiger partial charge in [0.2, 0.25) is 0 Å². The molecule has 0 aromatic rings. The second-order valence-electron chi connectivity index (χ2n) is 13.5. The Morgan fingerprint density at radius 3 is 2.39 bits per heavy atom. The van der Waals surface area contributed by atoms with E-state index in [1.54, 1.807) is 13.0 Å². The summed E-state index contributed by atoms with van der Waals surface area (Å²) in [6.45, 7) is 13.4. The zero-order valence-electron chi connectivity index (χ0n) is 23.0. The van der Waals surface area contributed by atoms with Crippen LogP contribution in [0.3, 0.4) is 0 Å². The molecule has 6 heteroatoms. The molecule has 4 aliphatic rings. The zero-order valence-corrected chi connectivity index (χ0v) is 23.0. The Morgan fingerprint density at radius 2 is 1.78 bits per heavy atom. The largest absolute Gasteiger partial charge is 0.478 e. The van der Waals surface area contributed by atoms with Gasteiger partial charge in [-0.15, -0.1) is 0 Å². The van der Waals surface area contributed by atoms with Crippen LogP contribution >= 0.6 is 0 Å². The van der Waals surface area contributed by atoms with E-state index in [0.29, 0.717) is 31.5 Å². The van der Waals surface area contributed by atoms with E-state index in [9.17, 15) is 24.6 Å². The van der Waals surface area contributed by atoms with Crippen LogP contribution in [0.1, 0.15) is 93.4 Å². The molecule has 0 spiro atoms. The lowest BCUT2D eigenvalue weighted by Gasteiger charge is -2.56. The van der Waals surface area contributed by atoms with Gasteiger partial charge in [-0.2, -0.15) is 0 Å².